The van der Waals surface area contributed by atoms with Crippen molar-refractivity contribution >= 4 is 33.2 Å². The first kappa shape index (κ1) is 15.4. The SMILES string of the molecule is COc1cc(Br)cc(NCC(=O)Nc2ccc(C)cc2)c1. The third-order valence-corrected chi connectivity index (χ3v) is 3.35. The number of rotatable bonds is 5. The summed E-state index contributed by atoms with van der Waals surface area (Å²) in [5.74, 6) is 0.628. The second-order valence-corrected chi connectivity index (χ2v) is 5.56. The van der Waals surface area contributed by atoms with Gasteiger partial charge >= 0.3 is 0 Å². The molecule has 0 radical (unpaired) electrons. The van der Waals surface area contributed by atoms with Crippen molar-refractivity contribution in [3.8, 4) is 5.75 Å². The van der Waals surface area contributed by atoms with E-state index in [4.69, 9.17) is 4.74 Å². The van der Waals surface area contributed by atoms with Gasteiger partial charge < -0.3 is 15.4 Å². The van der Waals surface area contributed by atoms with Crippen LogP contribution in [-0.2, 0) is 4.79 Å². The fourth-order valence-corrected chi connectivity index (χ4v) is 2.28. The lowest BCUT2D eigenvalue weighted by molar-refractivity contribution is -0.114. The molecule has 0 saturated heterocycles. The molecule has 0 unspecified atom stereocenters. The molecular formula is C16H17BrN2O2. The molecule has 2 aromatic rings. The van der Waals surface area contributed by atoms with Crippen molar-refractivity contribution in [2.75, 3.05) is 24.3 Å². The Morgan fingerprint density at radius 1 is 1.14 bits per heavy atom. The summed E-state index contributed by atoms with van der Waals surface area (Å²) >= 11 is 3.40. The number of aryl methyl sites for hydroxylation is 1. The van der Waals surface area contributed by atoms with Crippen molar-refractivity contribution < 1.29 is 9.53 Å². The minimum Gasteiger partial charge on any atom is -0.497 e. The monoisotopic (exact) mass is 348 g/mol. The number of anilines is 2. The predicted octanol–water partition coefficient (Wildman–Crippen LogP) is 3.82. The van der Waals surface area contributed by atoms with Crippen LogP contribution in [0.25, 0.3) is 0 Å². The van der Waals surface area contributed by atoms with Gasteiger partial charge in [0.05, 0.1) is 13.7 Å². The molecule has 0 aliphatic carbocycles. The molecule has 0 saturated carbocycles. The summed E-state index contributed by atoms with van der Waals surface area (Å²) in [5, 5.41) is 5.91. The van der Waals surface area contributed by atoms with Crippen LogP contribution in [0.4, 0.5) is 11.4 Å². The normalized spacial score (nSPS) is 10.0. The number of carbonyl (C=O) groups is 1. The Bertz CT molecular complexity index is 627. The van der Waals surface area contributed by atoms with Crippen molar-refractivity contribution in [2.24, 2.45) is 0 Å². The van der Waals surface area contributed by atoms with Gasteiger partial charge in [-0.3, -0.25) is 4.79 Å². The Hall–Kier alpha value is -2.01. The third kappa shape index (κ3) is 4.79. The highest BCUT2D eigenvalue weighted by Crippen LogP contribution is 2.24. The van der Waals surface area contributed by atoms with Crippen molar-refractivity contribution in [2.45, 2.75) is 6.92 Å². The summed E-state index contributed by atoms with van der Waals surface area (Å²) in [4.78, 5) is 11.9. The van der Waals surface area contributed by atoms with E-state index in [1.165, 1.54) is 0 Å². The number of carbonyl (C=O) groups excluding carboxylic acids is 1. The van der Waals surface area contributed by atoms with Gasteiger partial charge in [0, 0.05) is 21.9 Å². The Labute approximate surface area is 132 Å². The van der Waals surface area contributed by atoms with Crippen LogP contribution < -0.4 is 15.4 Å². The molecule has 2 N–H and O–H groups in total. The molecular weight excluding hydrogens is 332 g/mol. The number of benzene rings is 2. The van der Waals surface area contributed by atoms with Crippen LogP contribution in [0, 0.1) is 6.92 Å². The molecule has 2 aromatic carbocycles. The van der Waals surface area contributed by atoms with Gasteiger partial charge in [0.25, 0.3) is 0 Å². The van der Waals surface area contributed by atoms with Gasteiger partial charge in [0.15, 0.2) is 0 Å². The van der Waals surface area contributed by atoms with Crippen molar-refractivity contribution in [1.29, 1.82) is 0 Å². The quantitative estimate of drug-likeness (QED) is 0.863. The van der Waals surface area contributed by atoms with Crippen LogP contribution in [-0.4, -0.2) is 19.6 Å². The molecule has 0 aliphatic rings. The van der Waals surface area contributed by atoms with Gasteiger partial charge in [0.2, 0.25) is 5.91 Å². The van der Waals surface area contributed by atoms with E-state index in [-0.39, 0.29) is 12.5 Å². The van der Waals surface area contributed by atoms with Crippen LogP contribution in [0.3, 0.4) is 0 Å². The molecule has 1 amide bonds. The summed E-state index contributed by atoms with van der Waals surface area (Å²) in [5.41, 5.74) is 2.77. The van der Waals surface area contributed by atoms with Gasteiger partial charge in [-0.2, -0.15) is 0 Å². The zero-order chi connectivity index (χ0) is 15.2. The molecule has 110 valence electrons. The summed E-state index contributed by atoms with van der Waals surface area (Å²) in [6.45, 7) is 2.20. The lowest BCUT2D eigenvalue weighted by Crippen LogP contribution is -2.21. The topological polar surface area (TPSA) is 50.4 Å². The highest BCUT2D eigenvalue weighted by molar-refractivity contribution is 9.10. The Morgan fingerprint density at radius 2 is 1.86 bits per heavy atom. The summed E-state index contributed by atoms with van der Waals surface area (Å²) < 4.78 is 6.07. The second kappa shape index (κ2) is 7.13. The van der Waals surface area contributed by atoms with E-state index in [1.807, 2.05) is 49.4 Å². The predicted molar refractivity (Wildman–Crippen MR) is 89.0 cm³/mol. The van der Waals surface area contributed by atoms with Crippen LogP contribution >= 0.6 is 15.9 Å². The van der Waals surface area contributed by atoms with Gasteiger partial charge in [-0.05, 0) is 31.2 Å². The zero-order valence-electron chi connectivity index (χ0n) is 11.9. The van der Waals surface area contributed by atoms with Crippen LogP contribution in [0.15, 0.2) is 46.9 Å². The van der Waals surface area contributed by atoms with E-state index < -0.39 is 0 Å². The molecule has 0 aromatic heterocycles. The van der Waals surface area contributed by atoms with E-state index in [9.17, 15) is 4.79 Å². The number of hydrogen-bond donors (Lipinski definition) is 2. The standard InChI is InChI=1S/C16H17BrN2O2/c1-11-3-5-13(6-4-11)19-16(20)10-18-14-7-12(17)8-15(9-14)21-2/h3-9,18H,10H2,1-2H3,(H,19,20). The van der Waals surface area contributed by atoms with Gasteiger partial charge in [0.1, 0.15) is 5.75 Å². The largest absolute Gasteiger partial charge is 0.497 e. The number of halogens is 1. The highest BCUT2D eigenvalue weighted by atomic mass is 79.9. The molecule has 0 bridgehead atoms. The Morgan fingerprint density at radius 3 is 2.52 bits per heavy atom. The van der Waals surface area contributed by atoms with E-state index in [1.54, 1.807) is 7.11 Å². The Kier molecular flexibility index (Phi) is 5.22. The van der Waals surface area contributed by atoms with Crippen molar-refractivity contribution in [3.63, 3.8) is 0 Å². The first-order valence-corrected chi connectivity index (χ1v) is 7.31. The minimum atomic E-state index is -0.0993. The summed E-state index contributed by atoms with van der Waals surface area (Å²) in [7, 11) is 1.61. The molecule has 0 spiro atoms. The lowest BCUT2D eigenvalue weighted by Gasteiger charge is -2.10. The second-order valence-electron chi connectivity index (χ2n) is 4.65. The number of amides is 1. The minimum absolute atomic E-state index is 0.0993. The number of methoxy groups -OCH3 is 1. The average Bonchev–Trinajstić information content (AvgIpc) is 2.47. The summed E-state index contributed by atoms with van der Waals surface area (Å²) in [6.07, 6.45) is 0. The van der Waals surface area contributed by atoms with Gasteiger partial charge in [-0.15, -0.1) is 0 Å². The van der Waals surface area contributed by atoms with E-state index in [0.717, 1.165) is 27.2 Å². The average molecular weight is 349 g/mol. The molecule has 5 heteroatoms. The number of nitrogens with one attached hydrogen (secondary N) is 2. The van der Waals surface area contributed by atoms with Crippen LogP contribution in [0.1, 0.15) is 5.56 Å². The highest BCUT2D eigenvalue weighted by Gasteiger charge is 2.04. The fourth-order valence-electron chi connectivity index (χ4n) is 1.81. The molecule has 0 atom stereocenters. The van der Waals surface area contributed by atoms with E-state index in [0.29, 0.717) is 0 Å². The summed E-state index contributed by atoms with van der Waals surface area (Å²) in [6, 6.07) is 13.3. The fraction of sp³-hybridized carbons (Fsp3) is 0.188. The van der Waals surface area contributed by atoms with Crippen molar-refractivity contribution in [1.82, 2.24) is 0 Å². The smallest absolute Gasteiger partial charge is 0.243 e. The molecule has 21 heavy (non-hydrogen) atoms. The molecule has 0 heterocycles. The first-order valence-electron chi connectivity index (χ1n) is 6.52. The molecule has 0 fully saturated rings. The van der Waals surface area contributed by atoms with Gasteiger partial charge in [-0.1, -0.05) is 33.6 Å². The third-order valence-electron chi connectivity index (χ3n) is 2.90. The van der Waals surface area contributed by atoms with Crippen molar-refractivity contribution in [3.05, 3.63) is 52.5 Å². The van der Waals surface area contributed by atoms with Crippen LogP contribution in [0.5, 0.6) is 5.75 Å². The van der Waals surface area contributed by atoms with E-state index in [2.05, 4.69) is 26.6 Å². The first-order chi connectivity index (χ1) is 10.1. The number of hydrogen-bond acceptors (Lipinski definition) is 3. The zero-order valence-corrected chi connectivity index (χ0v) is 13.5. The van der Waals surface area contributed by atoms with Gasteiger partial charge in [-0.25, -0.2) is 0 Å². The van der Waals surface area contributed by atoms with E-state index >= 15 is 0 Å². The Balaban J connectivity index is 1.92. The molecule has 0 aliphatic heterocycles. The molecule has 4 nitrogen and oxygen atoms in total. The maximum absolute atomic E-state index is 11.9. The lowest BCUT2D eigenvalue weighted by atomic mass is 10.2. The molecule has 2 rings (SSSR count). The maximum atomic E-state index is 11.9. The number of ether oxygens (including phenoxy) is 1. The van der Waals surface area contributed by atoms with Crippen LogP contribution in [0.2, 0.25) is 0 Å². The maximum Gasteiger partial charge on any atom is 0.243 e.